The van der Waals surface area contributed by atoms with Gasteiger partial charge >= 0.3 is 0 Å². The van der Waals surface area contributed by atoms with Gasteiger partial charge in [-0.2, -0.15) is 0 Å². The van der Waals surface area contributed by atoms with Gasteiger partial charge in [0, 0.05) is 13.5 Å². The number of anilines is 1. The molecule has 1 aromatic carbocycles. The first kappa shape index (κ1) is 15.8. The predicted octanol–water partition coefficient (Wildman–Crippen LogP) is 4.00. The first-order chi connectivity index (χ1) is 10.0. The molecule has 2 aromatic rings. The number of hydrogen-bond acceptors (Lipinski definition) is 4. The maximum atomic E-state index is 5.26. The molecule has 21 heavy (non-hydrogen) atoms. The van der Waals surface area contributed by atoms with Gasteiger partial charge in [-0.05, 0) is 39.5 Å². The average molecular weight is 350 g/mol. The van der Waals surface area contributed by atoms with Gasteiger partial charge in [0.2, 0.25) is 0 Å². The highest BCUT2D eigenvalue weighted by Crippen LogP contribution is 2.29. The Balaban J connectivity index is 2.37. The highest BCUT2D eigenvalue weighted by atomic mass is 79.9. The topological polar surface area (TPSA) is 47.0 Å². The number of halogens is 1. The Bertz CT molecular complexity index is 629. The number of hydrogen-bond donors (Lipinski definition) is 1. The number of methoxy groups -OCH3 is 1. The lowest BCUT2D eigenvalue weighted by atomic mass is 10.1. The second-order valence-corrected chi connectivity index (χ2v) is 5.91. The van der Waals surface area contributed by atoms with Crippen molar-refractivity contribution in [3.8, 4) is 5.75 Å². The quantitative estimate of drug-likeness (QED) is 0.885. The van der Waals surface area contributed by atoms with Crippen LogP contribution >= 0.6 is 15.9 Å². The van der Waals surface area contributed by atoms with E-state index in [9.17, 15) is 0 Å². The molecule has 0 spiro atoms. The van der Waals surface area contributed by atoms with Gasteiger partial charge in [0.05, 0.1) is 17.3 Å². The molecule has 0 amide bonds. The van der Waals surface area contributed by atoms with Gasteiger partial charge < -0.3 is 10.1 Å². The van der Waals surface area contributed by atoms with Crippen molar-refractivity contribution in [2.45, 2.75) is 26.2 Å². The summed E-state index contributed by atoms with van der Waals surface area (Å²) in [4.78, 5) is 9.27. The maximum Gasteiger partial charge on any atom is 0.144 e. The zero-order valence-corrected chi connectivity index (χ0v) is 14.4. The van der Waals surface area contributed by atoms with E-state index in [1.54, 1.807) is 7.11 Å². The Kier molecular flexibility index (Phi) is 5.17. The average Bonchev–Trinajstić information content (AvgIpc) is 2.48. The zero-order valence-electron chi connectivity index (χ0n) is 12.8. The highest BCUT2D eigenvalue weighted by molar-refractivity contribution is 9.10. The summed E-state index contributed by atoms with van der Waals surface area (Å²) in [5.41, 5.74) is 2.15. The van der Waals surface area contributed by atoms with Gasteiger partial charge in [0.15, 0.2) is 0 Å². The fraction of sp³-hybridized carbons (Fsp3) is 0.375. The standard InChI is InChI=1S/C16H20BrN3O/c1-10(2)15-14(17)16(18-3)20-13(19-15)9-11-6-5-7-12(8-11)21-4/h5-8,10H,9H2,1-4H3,(H,18,19,20). The van der Waals surface area contributed by atoms with E-state index < -0.39 is 0 Å². The van der Waals surface area contributed by atoms with Crippen molar-refractivity contribution in [1.29, 1.82) is 0 Å². The molecule has 0 atom stereocenters. The molecule has 0 aliphatic heterocycles. The Morgan fingerprint density at radius 1 is 1.29 bits per heavy atom. The summed E-state index contributed by atoms with van der Waals surface area (Å²) in [5.74, 6) is 2.81. The Hall–Kier alpha value is -1.62. The van der Waals surface area contributed by atoms with E-state index in [4.69, 9.17) is 9.72 Å². The molecule has 2 rings (SSSR count). The second-order valence-electron chi connectivity index (χ2n) is 5.12. The van der Waals surface area contributed by atoms with Gasteiger partial charge in [-0.25, -0.2) is 9.97 Å². The van der Waals surface area contributed by atoms with Crippen molar-refractivity contribution in [3.63, 3.8) is 0 Å². The predicted molar refractivity (Wildman–Crippen MR) is 89.2 cm³/mol. The van der Waals surface area contributed by atoms with E-state index in [-0.39, 0.29) is 0 Å². The Morgan fingerprint density at radius 2 is 2.05 bits per heavy atom. The van der Waals surface area contributed by atoms with Crippen LogP contribution in [0.25, 0.3) is 0 Å². The minimum atomic E-state index is 0.332. The Morgan fingerprint density at radius 3 is 2.67 bits per heavy atom. The fourth-order valence-electron chi connectivity index (χ4n) is 2.10. The van der Waals surface area contributed by atoms with Crippen LogP contribution in [0.2, 0.25) is 0 Å². The molecule has 1 heterocycles. The third-order valence-corrected chi connectivity index (χ3v) is 3.99. The first-order valence-corrected chi connectivity index (χ1v) is 7.71. The van der Waals surface area contributed by atoms with Gasteiger partial charge in [0.1, 0.15) is 17.4 Å². The Labute approximate surface area is 134 Å². The van der Waals surface area contributed by atoms with E-state index in [1.165, 1.54) is 0 Å². The van der Waals surface area contributed by atoms with Gasteiger partial charge in [-0.3, -0.25) is 0 Å². The van der Waals surface area contributed by atoms with Crippen LogP contribution in [0.3, 0.4) is 0 Å². The molecule has 0 radical (unpaired) electrons. The van der Waals surface area contributed by atoms with Crippen LogP contribution in [0.4, 0.5) is 5.82 Å². The molecule has 5 heteroatoms. The number of rotatable bonds is 5. The van der Waals surface area contributed by atoms with Crippen LogP contribution in [0.5, 0.6) is 5.75 Å². The van der Waals surface area contributed by atoms with Crippen molar-refractivity contribution in [1.82, 2.24) is 9.97 Å². The van der Waals surface area contributed by atoms with Crippen molar-refractivity contribution in [3.05, 3.63) is 45.8 Å². The molecule has 0 saturated carbocycles. The van der Waals surface area contributed by atoms with Crippen LogP contribution in [0, 0.1) is 0 Å². The fourth-order valence-corrected chi connectivity index (χ4v) is 2.94. The van der Waals surface area contributed by atoms with Crippen molar-refractivity contribution >= 4 is 21.7 Å². The van der Waals surface area contributed by atoms with Crippen molar-refractivity contribution < 1.29 is 4.74 Å². The van der Waals surface area contributed by atoms with Gasteiger partial charge in [-0.1, -0.05) is 26.0 Å². The van der Waals surface area contributed by atoms with Crippen LogP contribution < -0.4 is 10.1 Å². The van der Waals surface area contributed by atoms with E-state index in [0.29, 0.717) is 12.3 Å². The summed E-state index contributed by atoms with van der Waals surface area (Å²) in [7, 11) is 3.54. The smallest absolute Gasteiger partial charge is 0.144 e. The summed E-state index contributed by atoms with van der Waals surface area (Å²) in [6.07, 6.45) is 0.679. The molecule has 0 unspecified atom stereocenters. The number of aromatic nitrogens is 2. The molecule has 0 bridgehead atoms. The van der Waals surface area contributed by atoms with E-state index >= 15 is 0 Å². The molecule has 0 aliphatic rings. The summed E-state index contributed by atoms with van der Waals surface area (Å²) >= 11 is 3.58. The third kappa shape index (κ3) is 3.73. The van der Waals surface area contributed by atoms with Crippen LogP contribution in [-0.2, 0) is 6.42 Å². The van der Waals surface area contributed by atoms with Crippen LogP contribution in [0.15, 0.2) is 28.7 Å². The lowest BCUT2D eigenvalue weighted by Gasteiger charge is -2.13. The second kappa shape index (κ2) is 6.89. The lowest BCUT2D eigenvalue weighted by Crippen LogP contribution is -2.07. The highest BCUT2D eigenvalue weighted by Gasteiger charge is 2.14. The summed E-state index contributed by atoms with van der Waals surface area (Å²) in [6, 6.07) is 7.99. The molecule has 0 aliphatic carbocycles. The molecule has 0 fully saturated rings. The van der Waals surface area contributed by atoms with Crippen LogP contribution in [-0.4, -0.2) is 24.1 Å². The van der Waals surface area contributed by atoms with E-state index in [2.05, 4.69) is 46.1 Å². The molecule has 4 nitrogen and oxygen atoms in total. The number of ether oxygens (including phenoxy) is 1. The zero-order chi connectivity index (χ0) is 15.4. The summed E-state index contributed by atoms with van der Waals surface area (Å²) in [6.45, 7) is 4.25. The summed E-state index contributed by atoms with van der Waals surface area (Å²) in [5, 5.41) is 3.12. The molecule has 1 N–H and O–H groups in total. The molecule has 1 aromatic heterocycles. The number of nitrogens with zero attached hydrogens (tertiary/aromatic N) is 2. The molecular formula is C16H20BrN3O. The molecular weight excluding hydrogens is 330 g/mol. The van der Waals surface area contributed by atoms with Gasteiger partial charge in [0.25, 0.3) is 0 Å². The molecule has 112 valence electrons. The SMILES string of the molecule is CNc1nc(Cc2cccc(OC)c2)nc(C(C)C)c1Br. The minimum absolute atomic E-state index is 0.332. The largest absolute Gasteiger partial charge is 0.497 e. The maximum absolute atomic E-state index is 5.26. The van der Waals surface area contributed by atoms with Crippen molar-refractivity contribution in [2.24, 2.45) is 0 Å². The van der Waals surface area contributed by atoms with E-state index in [1.807, 2.05) is 25.2 Å². The van der Waals surface area contributed by atoms with E-state index in [0.717, 1.165) is 33.1 Å². The van der Waals surface area contributed by atoms with Gasteiger partial charge in [-0.15, -0.1) is 0 Å². The first-order valence-electron chi connectivity index (χ1n) is 6.92. The molecule has 0 saturated heterocycles. The lowest BCUT2D eigenvalue weighted by molar-refractivity contribution is 0.414. The number of benzene rings is 1. The monoisotopic (exact) mass is 349 g/mol. The third-order valence-electron chi connectivity index (χ3n) is 3.20. The van der Waals surface area contributed by atoms with Crippen LogP contribution in [0.1, 0.15) is 36.8 Å². The normalized spacial score (nSPS) is 10.8. The minimum Gasteiger partial charge on any atom is -0.497 e. The number of nitrogens with one attached hydrogen (secondary N) is 1. The van der Waals surface area contributed by atoms with Crippen molar-refractivity contribution in [2.75, 3.05) is 19.5 Å². The summed E-state index contributed by atoms with van der Waals surface area (Å²) < 4.78 is 6.20.